The van der Waals surface area contributed by atoms with Gasteiger partial charge in [-0.25, -0.2) is 8.42 Å². The van der Waals surface area contributed by atoms with Gasteiger partial charge in [0.05, 0.1) is 29.1 Å². The van der Waals surface area contributed by atoms with Crippen LogP contribution in [0.15, 0.2) is 52.3 Å². The van der Waals surface area contributed by atoms with E-state index in [-0.39, 0.29) is 35.7 Å². The molecule has 2 amide bonds. The number of rotatable bonds is 5. The molecule has 2 heterocycles. The maximum Gasteiger partial charge on any atom is 0.243 e. The summed E-state index contributed by atoms with van der Waals surface area (Å²) < 4.78 is 32.9. The number of benzene rings is 2. The third-order valence-corrected chi connectivity index (χ3v) is 8.38. The number of nitrogens with one attached hydrogen (secondary N) is 2. The highest BCUT2D eigenvalue weighted by Crippen LogP contribution is 2.34. The average Bonchev–Trinajstić information content (AvgIpc) is 2.79. The SMILES string of the molecule is COc1ccccc1NC(=O)C1CCN(S(=O)(=O)c2ccc3c(c2)NC(=O)CS3)CC1. The number of nitrogens with zero attached hydrogens (tertiary/aromatic N) is 1. The van der Waals surface area contributed by atoms with Crippen LogP contribution in [0.1, 0.15) is 12.8 Å². The van der Waals surface area contributed by atoms with Gasteiger partial charge in [-0.2, -0.15) is 4.31 Å². The second-order valence-electron chi connectivity index (χ2n) is 7.36. The largest absolute Gasteiger partial charge is 0.495 e. The van der Waals surface area contributed by atoms with Crippen LogP contribution in [0.4, 0.5) is 11.4 Å². The molecule has 0 atom stereocenters. The number of ether oxygens (including phenoxy) is 1. The molecule has 0 aliphatic carbocycles. The van der Waals surface area contributed by atoms with E-state index >= 15 is 0 Å². The zero-order valence-electron chi connectivity index (χ0n) is 17.0. The minimum absolute atomic E-state index is 0.143. The monoisotopic (exact) mass is 461 g/mol. The second kappa shape index (κ2) is 8.89. The summed E-state index contributed by atoms with van der Waals surface area (Å²) in [5.41, 5.74) is 1.12. The predicted molar refractivity (Wildman–Crippen MR) is 119 cm³/mol. The van der Waals surface area contributed by atoms with Gasteiger partial charge in [0.25, 0.3) is 0 Å². The van der Waals surface area contributed by atoms with Crippen LogP contribution in [0.2, 0.25) is 0 Å². The van der Waals surface area contributed by atoms with Crippen LogP contribution in [-0.4, -0.2) is 50.5 Å². The number of para-hydroxylation sites is 2. The topological polar surface area (TPSA) is 105 Å². The first kappa shape index (κ1) is 21.7. The van der Waals surface area contributed by atoms with Gasteiger partial charge < -0.3 is 15.4 Å². The summed E-state index contributed by atoms with van der Waals surface area (Å²) in [4.78, 5) is 25.3. The van der Waals surface area contributed by atoms with Crippen LogP contribution in [0, 0.1) is 5.92 Å². The molecule has 2 aliphatic rings. The predicted octanol–water partition coefficient (Wildman–Crippen LogP) is 2.78. The van der Waals surface area contributed by atoms with Gasteiger partial charge >= 0.3 is 0 Å². The highest BCUT2D eigenvalue weighted by molar-refractivity contribution is 8.00. The molecule has 31 heavy (non-hydrogen) atoms. The van der Waals surface area contributed by atoms with E-state index in [1.165, 1.54) is 22.1 Å². The molecule has 2 aromatic rings. The summed E-state index contributed by atoms with van der Waals surface area (Å²) in [6.45, 7) is 0.509. The number of amides is 2. The molecule has 0 spiro atoms. The molecule has 0 aromatic heterocycles. The van der Waals surface area contributed by atoms with Crippen molar-refractivity contribution in [3.63, 3.8) is 0 Å². The number of hydrogen-bond acceptors (Lipinski definition) is 6. The van der Waals surface area contributed by atoms with Crippen molar-refractivity contribution >= 4 is 45.0 Å². The Labute approximate surface area is 185 Å². The molecule has 2 N–H and O–H groups in total. The normalized spacial score (nSPS) is 17.5. The molecule has 8 nitrogen and oxygen atoms in total. The molecule has 0 radical (unpaired) electrons. The Bertz CT molecular complexity index is 1110. The van der Waals surface area contributed by atoms with E-state index in [1.54, 1.807) is 31.4 Å². The van der Waals surface area contributed by atoms with Gasteiger partial charge in [0.1, 0.15) is 5.75 Å². The molecule has 1 saturated heterocycles. The quantitative estimate of drug-likeness (QED) is 0.710. The number of sulfonamides is 1. The summed E-state index contributed by atoms with van der Waals surface area (Å²) in [6.07, 6.45) is 0.857. The zero-order chi connectivity index (χ0) is 22.0. The van der Waals surface area contributed by atoms with E-state index in [1.807, 2.05) is 12.1 Å². The van der Waals surface area contributed by atoms with Crippen molar-refractivity contribution in [2.75, 3.05) is 36.6 Å². The van der Waals surface area contributed by atoms with Crippen molar-refractivity contribution in [2.45, 2.75) is 22.6 Å². The van der Waals surface area contributed by atoms with Gasteiger partial charge in [0, 0.05) is 23.9 Å². The molecule has 164 valence electrons. The minimum Gasteiger partial charge on any atom is -0.495 e. The maximum atomic E-state index is 13.1. The highest BCUT2D eigenvalue weighted by atomic mass is 32.2. The molecular formula is C21H23N3O5S2. The Morgan fingerprint density at radius 1 is 1.19 bits per heavy atom. The third kappa shape index (κ3) is 4.56. The van der Waals surface area contributed by atoms with Gasteiger partial charge in [-0.3, -0.25) is 9.59 Å². The van der Waals surface area contributed by atoms with E-state index in [9.17, 15) is 18.0 Å². The Balaban J connectivity index is 1.41. The fourth-order valence-corrected chi connectivity index (χ4v) is 6.00. The first-order valence-corrected chi connectivity index (χ1v) is 12.3. The van der Waals surface area contributed by atoms with Crippen molar-refractivity contribution in [2.24, 2.45) is 5.92 Å². The molecule has 4 rings (SSSR count). The molecule has 2 aromatic carbocycles. The van der Waals surface area contributed by atoms with Gasteiger partial charge in [0.15, 0.2) is 0 Å². The summed E-state index contributed by atoms with van der Waals surface area (Å²) in [7, 11) is -2.17. The van der Waals surface area contributed by atoms with Gasteiger partial charge in [-0.1, -0.05) is 12.1 Å². The average molecular weight is 462 g/mol. The number of hydrogen-bond donors (Lipinski definition) is 2. The summed E-state index contributed by atoms with van der Waals surface area (Å²) >= 11 is 1.38. The Kier molecular flexibility index (Phi) is 6.22. The Morgan fingerprint density at radius 2 is 1.94 bits per heavy atom. The standard InChI is InChI=1S/C21H23N3O5S2/c1-29-18-5-3-2-4-16(18)23-21(26)14-8-10-24(11-9-14)31(27,28)15-6-7-19-17(12-15)22-20(25)13-30-19/h2-7,12,14H,8-11,13H2,1H3,(H,22,25)(H,23,26). The lowest BCUT2D eigenvalue weighted by Gasteiger charge is -2.31. The first-order chi connectivity index (χ1) is 14.9. The number of carbonyl (C=O) groups is 2. The number of thioether (sulfide) groups is 1. The summed E-state index contributed by atoms with van der Waals surface area (Å²) in [6, 6.07) is 12.0. The lowest BCUT2D eigenvalue weighted by Crippen LogP contribution is -2.41. The van der Waals surface area contributed by atoms with Crippen molar-refractivity contribution in [1.82, 2.24) is 4.31 Å². The maximum absolute atomic E-state index is 13.1. The molecular weight excluding hydrogens is 438 g/mol. The lowest BCUT2D eigenvalue weighted by molar-refractivity contribution is -0.121. The lowest BCUT2D eigenvalue weighted by atomic mass is 9.97. The second-order valence-corrected chi connectivity index (χ2v) is 10.3. The van der Waals surface area contributed by atoms with Crippen LogP contribution in [0.5, 0.6) is 5.75 Å². The molecule has 0 unspecified atom stereocenters. The van der Waals surface area contributed by atoms with Crippen LogP contribution in [0.3, 0.4) is 0 Å². The van der Waals surface area contributed by atoms with Crippen LogP contribution >= 0.6 is 11.8 Å². The molecule has 0 saturated carbocycles. The van der Waals surface area contributed by atoms with Crippen molar-refractivity contribution in [3.8, 4) is 5.75 Å². The number of carbonyl (C=O) groups excluding carboxylic acids is 2. The zero-order valence-corrected chi connectivity index (χ0v) is 18.6. The molecule has 0 bridgehead atoms. The van der Waals surface area contributed by atoms with E-state index in [4.69, 9.17) is 4.74 Å². The smallest absolute Gasteiger partial charge is 0.243 e. The van der Waals surface area contributed by atoms with Crippen LogP contribution < -0.4 is 15.4 Å². The number of methoxy groups -OCH3 is 1. The highest BCUT2D eigenvalue weighted by Gasteiger charge is 2.33. The third-order valence-electron chi connectivity index (χ3n) is 5.41. The Hall–Kier alpha value is -2.56. The van der Waals surface area contributed by atoms with E-state index in [2.05, 4.69) is 10.6 Å². The first-order valence-electron chi connectivity index (χ1n) is 9.89. The van der Waals surface area contributed by atoms with E-state index < -0.39 is 10.0 Å². The van der Waals surface area contributed by atoms with Crippen molar-refractivity contribution < 1.29 is 22.7 Å². The summed E-state index contributed by atoms with van der Waals surface area (Å²) in [5.74, 6) is 0.330. The van der Waals surface area contributed by atoms with Crippen LogP contribution in [-0.2, 0) is 19.6 Å². The van der Waals surface area contributed by atoms with Crippen molar-refractivity contribution in [1.29, 1.82) is 0 Å². The fourth-order valence-electron chi connectivity index (χ4n) is 3.71. The molecule has 1 fully saturated rings. The summed E-state index contributed by atoms with van der Waals surface area (Å²) in [5, 5.41) is 5.60. The number of piperidine rings is 1. The Morgan fingerprint density at radius 3 is 2.68 bits per heavy atom. The van der Waals surface area contributed by atoms with Crippen molar-refractivity contribution in [3.05, 3.63) is 42.5 Å². The van der Waals surface area contributed by atoms with E-state index in [0.29, 0.717) is 35.7 Å². The molecule has 10 heteroatoms. The molecule has 2 aliphatic heterocycles. The fraction of sp³-hybridized carbons (Fsp3) is 0.333. The minimum atomic E-state index is -3.71. The van der Waals surface area contributed by atoms with E-state index in [0.717, 1.165) is 4.90 Å². The van der Waals surface area contributed by atoms with Gasteiger partial charge in [0.2, 0.25) is 21.8 Å². The van der Waals surface area contributed by atoms with Gasteiger partial charge in [-0.05, 0) is 43.2 Å². The number of fused-ring (bicyclic) bond motifs is 1. The van der Waals surface area contributed by atoms with Gasteiger partial charge in [-0.15, -0.1) is 11.8 Å². The number of anilines is 2. The van der Waals surface area contributed by atoms with Crippen LogP contribution in [0.25, 0.3) is 0 Å².